The fraction of sp³-hybridized carbons (Fsp3) is 0.120. The van der Waals surface area contributed by atoms with Crippen LogP contribution >= 0.6 is 0 Å². The summed E-state index contributed by atoms with van der Waals surface area (Å²) >= 11 is 0. The highest BCUT2D eigenvalue weighted by Gasteiger charge is 2.12. The molecule has 0 bridgehead atoms. The third-order valence-electron chi connectivity index (χ3n) is 5.29. The number of nitrogens with zero attached hydrogens (tertiary/aromatic N) is 1. The Morgan fingerprint density at radius 1 is 0.941 bits per heavy atom. The van der Waals surface area contributed by atoms with Crippen molar-refractivity contribution in [2.45, 2.75) is 20.0 Å². The maximum atomic E-state index is 13.4. The Kier molecular flexibility index (Phi) is 6.35. The summed E-state index contributed by atoms with van der Waals surface area (Å²) in [6.45, 7) is 2.12. The van der Waals surface area contributed by atoms with Crippen LogP contribution in [0.2, 0.25) is 0 Å². The van der Waals surface area contributed by atoms with E-state index < -0.39 is 28.9 Å². The van der Waals surface area contributed by atoms with Crippen LogP contribution in [0, 0.1) is 5.82 Å². The minimum atomic E-state index is -0.533. The van der Waals surface area contributed by atoms with Gasteiger partial charge in [0.25, 0.3) is 17.4 Å². The van der Waals surface area contributed by atoms with E-state index in [-0.39, 0.29) is 29.7 Å². The number of benzene rings is 3. The van der Waals surface area contributed by atoms with Gasteiger partial charge < -0.3 is 15.6 Å². The van der Waals surface area contributed by atoms with Crippen molar-refractivity contribution in [2.24, 2.45) is 0 Å². The van der Waals surface area contributed by atoms with Crippen molar-refractivity contribution >= 4 is 28.4 Å². The van der Waals surface area contributed by atoms with E-state index in [9.17, 15) is 23.6 Å². The summed E-state index contributed by atoms with van der Waals surface area (Å²) < 4.78 is 14.4. The normalized spacial score (nSPS) is 10.8. The Hall–Kier alpha value is -4.53. The zero-order valence-electron chi connectivity index (χ0n) is 18.2. The maximum Gasteiger partial charge on any atom is 0.328 e. The van der Waals surface area contributed by atoms with Gasteiger partial charge in [-0.15, -0.1) is 0 Å². The molecule has 4 aromatic rings. The number of carbonyl (C=O) groups is 2. The number of carbonyl (C=O) groups excluding carboxylic acids is 2. The molecule has 8 nitrogen and oxygen atoms in total. The van der Waals surface area contributed by atoms with Crippen LogP contribution < -0.4 is 21.9 Å². The molecular formula is C25H21FN4O4. The van der Waals surface area contributed by atoms with E-state index in [1.165, 1.54) is 36.4 Å². The molecule has 4 rings (SSSR count). The molecule has 3 N–H and O–H groups in total. The minimum Gasteiger partial charge on any atom is -0.348 e. The molecule has 2 amide bonds. The fourth-order valence-electron chi connectivity index (χ4n) is 3.56. The second-order valence-corrected chi connectivity index (χ2v) is 7.59. The monoisotopic (exact) mass is 460 g/mol. The van der Waals surface area contributed by atoms with Gasteiger partial charge in [-0.3, -0.25) is 19.0 Å². The van der Waals surface area contributed by atoms with Gasteiger partial charge in [0, 0.05) is 29.9 Å². The lowest BCUT2D eigenvalue weighted by atomic mass is 10.1. The van der Waals surface area contributed by atoms with Crippen molar-refractivity contribution in [3.05, 3.63) is 110 Å². The molecule has 9 heteroatoms. The Balaban J connectivity index is 1.46. The average Bonchev–Trinajstić information content (AvgIpc) is 2.82. The van der Waals surface area contributed by atoms with Crippen LogP contribution in [0.15, 0.2) is 76.3 Å². The Bertz CT molecular complexity index is 1520. The van der Waals surface area contributed by atoms with Crippen LogP contribution in [-0.4, -0.2) is 21.4 Å². The standard InChI is InChI=1S/C25H21FN4O4/c1-2-30-24(33)20-10-9-17(13-21(20)29-25(30)34)22(31)27-14-15-5-3-8-19(11-15)28-23(32)16-6-4-7-18(26)12-16/h3-13H,2,14H2,1H3,(H,27,31)(H,28,32)(H,29,34). The Labute approximate surface area is 193 Å². The summed E-state index contributed by atoms with van der Waals surface area (Å²) in [7, 11) is 0. The maximum absolute atomic E-state index is 13.4. The number of anilines is 1. The van der Waals surface area contributed by atoms with Crippen molar-refractivity contribution < 1.29 is 14.0 Å². The number of halogens is 1. The van der Waals surface area contributed by atoms with Gasteiger partial charge in [-0.2, -0.15) is 0 Å². The zero-order chi connectivity index (χ0) is 24.2. The lowest BCUT2D eigenvalue weighted by molar-refractivity contribution is 0.0950. The summed E-state index contributed by atoms with van der Waals surface area (Å²) in [5, 5.41) is 5.80. The van der Waals surface area contributed by atoms with Crippen LogP contribution in [0.5, 0.6) is 0 Å². The zero-order valence-corrected chi connectivity index (χ0v) is 18.2. The summed E-state index contributed by atoms with van der Waals surface area (Å²) in [4.78, 5) is 52.0. The first kappa shape index (κ1) is 22.7. The molecule has 0 fully saturated rings. The number of amides is 2. The topological polar surface area (TPSA) is 113 Å². The fourth-order valence-corrected chi connectivity index (χ4v) is 3.56. The summed E-state index contributed by atoms with van der Waals surface area (Å²) in [5.41, 5.74) is 1.04. The van der Waals surface area contributed by atoms with Crippen LogP contribution in [0.25, 0.3) is 10.9 Å². The van der Waals surface area contributed by atoms with Crippen LogP contribution in [0.1, 0.15) is 33.2 Å². The molecule has 1 heterocycles. The largest absolute Gasteiger partial charge is 0.348 e. The molecule has 0 aliphatic heterocycles. The number of hydrogen-bond acceptors (Lipinski definition) is 4. The molecular weight excluding hydrogens is 439 g/mol. The van der Waals surface area contributed by atoms with Crippen molar-refractivity contribution in [1.82, 2.24) is 14.9 Å². The molecule has 0 unspecified atom stereocenters. The summed E-state index contributed by atoms with van der Waals surface area (Å²) in [5.74, 6) is -1.34. The van der Waals surface area contributed by atoms with Gasteiger partial charge in [-0.05, 0) is 61.0 Å². The van der Waals surface area contributed by atoms with Crippen LogP contribution in [0.3, 0.4) is 0 Å². The first-order chi connectivity index (χ1) is 16.4. The van der Waals surface area contributed by atoms with Gasteiger partial charge >= 0.3 is 5.69 Å². The van der Waals surface area contributed by atoms with Crippen molar-refractivity contribution in [3.8, 4) is 0 Å². The van der Waals surface area contributed by atoms with E-state index in [0.717, 1.165) is 16.2 Å². The molecule has 172 valence electrons. The quantitative estimate of drug-likeness (QED) is 0.410. The van der Waals surface area contributed by atoms with E-state index >= 15 is 0 Å². The van der Waals surface area contributed by atoms with Gasteiger partial charge in [-0.25, -0.2) is 9.18 Å². The second-order valence-electron chi connectivity index (χ2n) is 7.59. The third kappa shape index (κ3) is 4.78. The molecule has 0 radical (unpaired) electrons. The summed E-state index contributed by atoms with van der Waals surface area (Å²) in [6.07, 6.45) is 0. The van der Waals surface area contributed by atoms with Gasteiger partial charge in [0.15, 0.2) is 0 Å². The lowest BCUT2D eigenvalue weighted by Crippen LogP contribution is -2.34. The molecule has 34 heavy (non-hydrogen) atoms. The Morgan fingerprint density at radius 3 is 2.47 bits per heavy atom. The van der Waals surface area contributed by atoms with Gasteiger partial charge in [0.05, 0.1) is 10.9 Å². The number of aromatic nitrogens is 2. The molecule has 0 aliphatic rings. The number of fused-ring (bicyclic) bond motifs is 1. The minimum absolute atomic E-state index is 0.175. The number of H-pyrrole nitrogens is 1. The molecule has 1 aromatic heterocycles. The lowest BCUT2D eigenvalue weighted by Gasteiger charge is -2.10. The second kappa shape index (κ2) is 9.53. The number of rotatable bonds is 6. The van der Waals surface area contributed by atoms with Gasteiger partial charge in [0.1, 0.15) is 5.82 Å². The molecule has 3 aromatic carbocycles. The first-order valence-electron chi connectivity index (χ1n) is 10.6. The van der Waals surface area contributed by atoms with Gasteiger partial charge in [0.2, 0.25) is 0 Å². The summed E-state index contributed by atoms with van der Waals surface area (Å²) in [6, 6.07) is 16.8. The van der Waals surface area contributed by atoms with E-state index in [2.05, 4.69) is 15.6 Å². The smallest absolute Gasteiger partial charge is 0.328 e. The van der Waals surface area contributed by atoms with Gasteiger partial charge in [-0.1, -0.05) is 18.2 Å². The molecule has 0 saturated carbocycles. The first-order valence-corrected chi connectivity index (χ1v) is 10.6. The number of aromatic amines is 1. The van der Waals surface area contributed by atoms with E-state index in [0.29, 0.717) is 11.1 Å². The molecule has 0 atom stereocenters. The number of hydrogen-bond donors (Lipinski definition) is 3. The average molecular weight is 460 g/mol. The molecule has 0 spiro atoms. The highest BCUT2D eigenvalue weighted by Crippen LogP contribution is 2.14. The SMILES string of the molecule is CCn1c(=O)[nH]c2cc(C(=O)NCc3cccc(NC(=O)c4cccc(F)c4)c3)ccc2c1=O. The highest BCUT2D eigenvalue weighted by atomic mass is 19.1. The van der Waals surface area contributed by atoms with Crippen molar-refractivity contribution in [2.75, 3.05) is 5.32 Å². The third-order valence-corrected chi connectivity index (χ3v) is 5.29. The van der Waals surface area contributed by atoms with E-state index in [1.54, 1.807) is 31.2 Å². The van der Waals surface area contributed by atoms with Crippen LogP contribution in [0.4, 0.5) is 10.1 Å². The van der Waals surface area contributed by atoms with E-state index in [1.807, 2.05) is 0 Å². The van der Waals surface area contributed by atoms with Crippen molar-refractivity contribution in [1.29, 1.82) is 0 Å². The highest BCUT2D eigenvalue weighted by molar-refractivity contribution is 6.04. The molecule has 0 aliphatic carbocycles. The van der Waals surface area contributed by atoms with Crippen molar-refractivity contribution in [3.63, 3.8) is 0 Å². The van der Waals surface area contributed by atoms with E-state index in [4.69, 9.17) is 0 Å². The number of nitrogens with one attached hydrogen (secondary N) is 3. The predicted molar refractivity (Wildman–Crippen MR) is 126 cm³/mol. The van der Waals surface area contributed by atoms with Crippen LogP contribution in [-0.2, 0) is 13.1 Å². The predicted octanol–water partition coefficient (Wildman–Crippen LogP) is 3.03. The Morgan fingerprint density at radius 2 is 1.71 bits per heavy atom. The molecule has 0 saturated heterocycles.